The van der Waals surface area contributed by atoms with E-state index in [-0.39, 0.29) is 12.5 Å². The Morgan fingerprint density at radius 2 is 1.76 bits per heavy atom. The van der Waals surface area contributed by atoms with Crippen LogP contribution in [0.2, 0.25) is 5.02 Å². The second kappa shape index (κ2) is 11.5. The molecule has 2 aromatic rings. The molecular weight excluding hydrogens is 462 g/mol. The molecule has 2 amide bonds. The van der Waals surface area contributed by atoms with Gasteiger partial charge in [-0.3, -0.25) is 13.9 Å². The van der Waals surface area contributed by atoms with Crippen LogP contribution in [0.3, 0.4) is 0 Å². The second-order valence-electron chi connectivity index (χ2n) is 8.12. The Morgan fingerprint density at radius 1 is 1.09 bits per heavy atom. The third kappa shape index (κ3) is 7.20. The van der Waals surface area contributed by atoms with Gasteiger partial charge in [-0.25, -0.2) is 8.42 Å². The van der Waals surface area contributed by atoms with Crippen molar-refractivity contribution in [3.8, 4) is 0 Å². The summed E-state index contributed by atoms with van der Waals surface area (Å²) < 4.78 is 26.3. The fourth-order valence-electron chi connectivity index (χ4n) is 3.28. The lowest BCUT2D eigenvalue weighted by Crippen LogP contribution is -2.51. The Bertz CT molecular complexity index is 1100. The molecule has 0 saturated heterocycles. The number of hydrogen-bond donors (Lipinski definition) is 1. The molecule has 33 heavy (non-hydrogen) atoms. The van der Waals surface area contributed by atoms with Gasteiger partial charge in [0.1, 0.15) is 12.6 Å². The maximum absolute atomic E-state index is 13.5. The van der Waals surface area contributed by atoms with Gasteiger partial charge in [-0.1, -0.05) is 42.8 Å². The van der Waals surface area contributed by atoms with Crippen molar-refractivity contribution in [1.29, 1.82) is 0 Å². The fourth-order valence-corrected chi connectivity index (χ4v) is 4.32. The first kappa shape index (κ1) is 26.7. The first-order valence-corrected chi connectivity index (χ1v) is 13.0. The van der Waals surface area contributed by atoms with E-state index < -0.39 is 28.5 Å². The van der Waals surface area contributed by atoms with Gasteiger partial charge in [-0.05, 0) is 62.1 Å². The van der Waals surface area contributed by atoms with Gasteiger partial charge in [-0.2, -0.15) is 0 Å². The number of anilines is 1. The predicted molar refractivity (Wildman–Crippen MR) is 133 cm³/mol. The Hall–Kier alpha value is -2.58. The standard InChI is InChI=1S/C24H32ClN3O4S/c1-6-13-26-24(30)19(4)27(15-20-9-7-8-10-22(20)25)23(29)16-28(33(5,31)32)21-12-11-17(2)18(3)14-21/h7-12,14,19H,6,13,15-16H2,1-5H3,(H,26,30)/t19-/m1/s1. The molecule has 0 spiro atoms. The van der Waals surface area contributed by atoms with Crippen molar-refractivity contribution in [1.82, 2.24) is 10.2 Å². The number of benzene rings is 2. The number of sulfonamides is 1. The number of carbonyl (C=O) groups excluding carboxylic acids is 2. The van der Waals surface area contributed by atoms with Crippen LogP contribution in [0, 0.1) is 13.8 Å². The Morgan fingerprint density at radius 3 is 2.33 bits per heavy atom. The average molecular weight is 494 g/mol. The molecule has 0 aliphatic rings. The molecule has 0 saturated carbocycles. The van der Waals surface area contributed by atoms with Gasteiger partial charge in [0, 0.05) is 18.1 Å². The largest absolute Gasteiger partial charge is 0.354 e. The summed E-state index contributed by atoms with van der Waals surface area (Å²) in [7, 11) is -3.76. The van der Waals surface area contributed by atoms with Crippen LogP contribution >= 0.6 is 11.6 Å². The highest BCUT2D eigenvalue weighted by atomic mass is 35.5. The lowest BCUT2D eigenvalue weighted by molar-refractivity contribution is -0.139. The molecule has 0 radical (unpaired) electrons. The minimum absolute atomic E-state index is 0.0732. The van der Waals surface area contributed by atoms with Gasteiger partial charge in [0.2, 0.25) is 21.8 Å². The third-order valence-electron chi connectivity index (χ3n) is 5.47. The summed E-state index contributed by atoms with van der Waals surface area (Å²) in [6, 6.07) is 11.5. The lowest BCUT2D eigenvalue weighted by atomic mass is 10.1. The molecule has 0 unspecified atom stereocenters. The minimum atomic E-state index is -3.76. The van der Waals surface area contributed by atoms with E-state index in [0.29, 0.717) is 22.8 Å². The molecule has 0 bridgehead atoms. The zero-order valence-corrected chi connectivity index (χ0v) is 21.3. The monoisotopic (exact) mass is 493 g/mol. The molecule has 0 aromatic heterocycles. The van der Waals surface area contributed by atoms with Crippen molar-refractivity contribution in [3.05, 3.63) is 64.2 Å². The SMILES string of the molecule is CCCNC(=O)[C@@H](C)N(Cc1ccccc1Cl)C(=O)CN(c1ccc(C)c(C)c1)S(C)(=O)=O. The van der Waals surface area contributed by atoms with E-state index >= 15 is 0 Å². The smallest absolute Gasteiger partial charge is 0.244 e. The number of rotatable bonds is 10. The molecule has 1 atom stereocenters. The van der Waals surface area contributed by atoms with E-state index in [9.17, 15) is 18.0 Å². The van der Waals surface area contributed by atoms with Gasteiger partial charge in [0.15, 0.2) is 0 Å². The average Bonchev–Trinajstić information content (AvgIpc) is 2.75. The van der Waals surface area contributed by atoms with Crippen molar-refractivity contribution < 1.29 is 18.0 Å². The summed E-state index contributed by atoms with van der Waals surface area (Å²) in [5, 5.41) is 3.26. The topological polar surface area (TPSA) is 86.8 Å². The number of aryl methyl sites for hydroxylation is 2. The number of nitrogens with one attached hydrogen (secondary N) is 1. The first-order chi connectivity index (χ1) is 15.5. The van der Waals surface area contributed by atoms with Crippen LogP contribution in [0.1, 0.15) is 37.0 Å². The van der Waals surface area contributed by atoms with E-state index in [4.69, 9.17) is 11.6 Å². The van der Waals surface area contributed by atoms with Crippen molar-refractivity contribution in [2.45, 2.75) is 46.7 Å². The second-order valence-corrected chi connectivity index (χ2v) is 10.4. The molecule has 0 aliphatic carbocycles. The minimum Gasteiger partial charge on any atom is -0.354 e. The molecule has 0 aliphatic heterocycles. The van der Waals surface area contributed by atoms with Gasteiger partial charge in [0.05, 0.1) is 11.9 Å². The van der Waals surface area contributed by atoms with Crippen LogP contribution in [0.4, 0.5) is 5.69 Å². The van der Waals surface area contributed by atoms with Crippen LogP contribution < -0.4 is 9.62 Å². The quantitative estimate of drug-likeness (QED) is 0.547. The predicted octanol–water partition coefficient (Wildman–Crippen LogP) is 3.67. The first-order valence-electron chi connectivity index (χ1n) is 10.8. The summed E-state index contributed by atoms with van der Waals surface area (Å²) in [5.74, 6) is -0.813. The lowest BCUT2D eigenvalue weighted by Gasteiger charge is -2.31. The Balaban J connectivity index is 2.40. The normalized spacial score (nSPS) is 12.2. The molecule has 0 heterocycles. The Kier molecular flexibility index (Phi) is 9.31. The van der Waals surface area contributed by atoms with Gasteiger partial charge in [-0.15, -0.1) is 0 Å². The number of nitrogens with zero attached hydrogens (tertiary/aromatic N) is 2. The van der Waals surface area contributed by atoms with Crippen LogP contribution in [0.15, 0.2) is 42.5 Å². The van der Waals surface area contributed by atoms with Crippen molar-refractivity contribution >= 4 is 39.1 Å². The van der Waals surface area contributed by atoms with E-state index in [1.54, 1.807) is 43.3 Å². The van der Waals surface area contributed by atoms with Crippen LogP contribution in [-0.2, 0) is 26.2 Å². The van der Waals surface area contributed by atoms with Gasteiger partial charge < -0.3 is 10.2 Å². The zero-order valence-electron chi connectivity index (χ0n) is 19.8. The number of carbonyl (C=O) groups is 2. The molecular formula is C24H32ClN3O4S. The highest BCUT2D eigenvalue weighted by Crippen LogP contribution is 2.23. The van der Waals surface area contributed by atoms with Gasteiger partial charge >= 0.3 is 0 Å². The summed E-state index contributed by atoms with van der Waals surface area (Å²) >= 11 is 6.30. The van der Waals surface area contributed by atoms with E-state index in [1.807, 2.05) is 26.8 Å². The molecule has 0 fully saturated rings. The molecule has 2 rings (SSSR count). The molecule has 180 valence electrons. The number of amides is 2. The van der Waals surface area contributed by atoms with E-state index in [2.05, 4.69) is 5.32 Å². The van der Waals surface area contributed by atoms with Gasteiger partial charge in [0.25, 0.3) is 0 Å². The van der Waals surface area contributed by atoms with Crippen LogP contribution in [-0.4, -0.2) is 50.5 Å². The summed E-state index contributed by atoms with van der Waals surface area (Å²) in [6.45, 7) is 7.49. The zero-order chi connectivity index (χ0) is 24.8. The maximum Gasteiger partial charge on any atom is 0.244 e. The fraction of sp³-hybridized carbons (Fsp3) is 0.417. The highest BCUT2D eigenvalue weighted by Gasteiger charge is 2.30. The molecule has 2 aromatic carbocycles. The van der Waals surface area contributed by atoms with Crippen LogP contribution in [0.25, 0.3) is 0 Å². The van der Waals surface area contributed by atoms with Crippen molar-refractivity contribution in [2.75, 3.05) is 23.7 Å². The number of halogens is 1. The molecule has 7 nitrogen and oxygen atoms in total. The number of hydrogen-bond acceptors (Lipinski definition) is 4. The van der Waals surface area contributed by atoms with E-state index in [0.717, 1.165) is 28.1 Å². The molecule has 1 N–H and O–H groups in total. The third-order valence-corrected chi connectivity index (χ3v) is 6.98. The summed E-state index contributed by atoms with van der Waals surface area (Å²) in [4.78, 5) is 27.5. The van der Waals surface area contributed by atoms with Crippen molar-refractivity contribution in [2.24, 2.45) is 0 Å². The molecule has 9 heteroatoms. The Labute approximate surface area is 201 Å². The summed E-state index contributed by atoms with van der Waals surface area (Å²) in [6.07, 6.45) is 1.82. The maximum atomic E-state index is 13.5. The summed E-state index contributed by atoms with van der Waals surface area (Å²) in [5.41, 5.74) is 2.99. The van der Waals surface area contributed by atoms with Crippen LogP contribution in [0.5, 0.6) is 0 Å². The van der Waals surface area contributed by atoms with E-state index in [1.165, 1.54) is 4.90 Å². The highest BCUT2D eigenvalue weighted by molar-refractivity contribution is 7.92. The van der Waals surface area contributed by atoms with Crippen molar-refractivity contribution in [3.63, 3.8) is 0 Å².